The first-order valence-corrected chi connectivity index (χ1v) is 5.84. The summed E-state index contributed by atoms with van der Waals surface area (Å²) in [6.45, 7) is 2.95. The summed E-state index contributed by atoms with van der Waals surface area (Å²) in [7, 11) is 2.14. The van der Waals surface area contributed by atoms with E-state index in [1.807, 2.05) is 0 Å². The van der Waals surface area contributed by atoms with Crippen LogP contribution in [0, 0.1) is 0 Å². The Balaban J connectivity index is 2.16. The Morgan fingerprint density at radius 2 is 2.50 bits per heavy atom. The Morgan fingerprint density at radius 3 is 3.00 bits per heavy atom. The molecule has 1 N–H and O–H groups in total. The highest BCUT2D eigenvalue weighted by Gasteiger charge is 2.25. The first kappa shape index (κ1) is 10.1. The maximum absolute atomic E-state index is 9.40. The number of likely N-dealkylation sites (tertiary alicyclic amines) is 1. The summed E-state index contributed by atoms with van der Waals surface area (Å²) in [6.07, 6.45) is 3.87. The average molecular weight is 212 g/mol. The van der Waals surface area contributed by atoms with E-state index in [0.717, 1.165) is 16.4 Å². The van der Waals surface area contributed by atoms with Gasteiger partial charge in [-0.15, -0.1) is 11.3 Å². The summed E-state index contributed by atoms with van der Waals surface area (Å²) in [5.41, 5.74) is 0. The molecule has 2 rings (SSSR count). The topological polar surface area (TPSA) is 36.4 Å². The van der Waals surface area contributed by atoms with Gasteiger partial charge in [0.05, 0.1) is 17.0 Å². The van der Waals surface area contributed by atoms with Crippen molar-refractivity contribution in [2.24, 2.45) is 0 Å². The summed E-state index contributed by atoms with van der Waals surface area (Å²) in [5, 5.41) is 10.6. The molecule has 3 nitrogen and oxygen atoms in total. The van der Waals surface area contributed by atoms with Gasteiger partial charge in [-0.2, -0.15) is 0 Å². The fourth-order valence-electron chi connectivity index (χ4n) is 1.87. The molecule has 2 atom stereocenters. The third-order valence-electron chi connectivity index (χ3n) is 2.76. The Kier molecular flexibility index (Phi) is 2.85. The largest absolute Gasteiger partial charge is 0.388 e. The lowest BCUT2D eigenvalue weighted by atomic mass is 10.2. The van der Waals surface area contributed by atoms with Gasteiger partial charge in [0.1, 0.15) is 5.01 Å². The minimum atomic E-state index is -0.382. The van der Waals surface area contributed by atoms with Crippen LogP contribution in [0.3, 0.4) is 0 Å². The smallest absolute Gasteiger partial charge is 0.110 e. The van der Waals surface area contributed by atoms with E-state index < -0.39 is 0 Å². The van der Waals surface area contributed by atoms with Crippen molar-refractivity contribution >= 4 is 11.3 Å². The molecule has 1 aliphatic heterocycles. The predicted octanol–water partition coefficient (Wildman–Crippen LogP) is 1.96. The quantitative estimate of drug-likeness (QED) is 0.814. The van der Waals surface area contributed by atoms with E-state index in [-0.39, 0.29) is 6.10 Å². The fraction of sp³-hybridized carbons (Fsp3) is 0.700. The maximum atomic E-state index is 9.40. The van der Waals surface area contributed by atoms with E-state index in [2.05, 4.69) is 16.9 Å². The molecular formula is C10H16N2OS. The second-order valence-corrected chi connectivity index (χ2v) is 5.01. The van der Waals surface area contributed by atoms with Gasteiger partial charge in [-0.25, -0.2) is 4.98 Å². The van der Waals surface area contributed by atoms with Gasteiger partial charge < -0.3 is 5.11 Å². The van der Waals surface area contributed by atoms with E-state index in [4.69, 9.17) is 0 Å². The summed E-state index contributed by atoms with van der Waals surface area (Å²) in [5.74, 6) is 0. The fourth-order valence-corrected chi connectivity index (χ4v) is 2.93. The molecule has 0 spiro atoms. The molecule has 1 fully saturated rings. The van der Waals surface area contributed by atoms with E-state index in [9.17, 15) is 5.11 Å². The Bertz CT molecular complexity index is 311. The minimum absolute atomic E-state index is 0.382. The van der Waals surface area contributed by atoms with E-state index in [0.29, 0.717) is 6.04 Å². The van der Waals surface area contributed by atoms with Crippen molar-refractivity contribution in [3.63, 3.8) is 0 Å². The lowest BCUT2D eigenvalue weighted by molar-refractivity contribution is 0.203. The normalized spacial score (nSPS) is 25.5. The Morgan fingerprint density at radius 1 is 1.71 bits per heavy atom. The zero-order valence-electron chi connectivity index (χ0n) is 8.60. The van der Waals surface area contributed by atoms with Gasteiger partial charge in [0.25, 0.3) is 0 Å². The molecule has 0 amide bonds. The van der Waals surface area contributed by atoms with Crippen LogP contribution in [-0.2, 0) is 0 Å². The molecule has 14 heavy (non-hydrogen) atoms. The van der Waals surface area contributed by atoms with Crippen molar-refractivity contribution in [3.8, 4) is 0 Å². The Hall–Kier alpha value is -0.450. The SMILES string of the molecule is CC(O)c1cnc(C2CCCN2C)s1. The van der Waals surface area contributed by atoms with E-state index in [1.165, 1.54) is 12.8 Å². The molecule has 0 bridgehead atoms. The molecule has 78 valence electrons. The zero-order valence-corrected chi connectivity index (χ0v) is 9.42. The molecule has 2 heterocycles. The highest BCUT2D eigenvalue weighted by molar-refractivity contribution is 7.11. The first-order valence-electron chi connectivity index (χ1n) is 5.02. The van der Waals surface area contributed by atoms with Crippen LogP contribution in [0.2, 0.25) is 0 Å². The molecule has 0 saturated carbocycles. The van der Waals surface area contributed by atoms with Gasteiger partial charge in [-0.05, 0) is 33.4 Å². The number of aliphatic hydroxyl groups excluding tert-OH is 1. The summed E-state index contributed by atoms with van der Waals surface area (Å²) in [4.78, 5) is 7.70. The highest BCUT2D eigenvalue weighted by Crippen LogP contribution is 2.34. The average Bonchev–Trinajstić information content (AvgIpc) is 2.71. The number of rotatable bonds is 2. The van der Waals surface area contributed by atoms with Crippen LogP contribution in [0.25, 0.3) is 0 Å². The minimum Gasteiger partial charge on any atom is -0.388 e. The number of aromatic nitrogens is 1. The van der Waals surface area contributed by atoms with Gasteiger partial charge in [0.2, 0.25) is 0 Å². The summed E-state index contributed by atoms with van der Waals surface area (Å²) >= 11 is 1.64. The molecule has 4 heteroatoms. The lowest BCUT2D eigenvalue weighted by Crippen LogP contribution is -2.17. The second kappa shape index (κ2) is 3.96. The van der Waals surface area contributed by atoms with Crippen LogP contribution < -0.4 is 0 Å². The first-order chi connectivity index (χ1) is 6.68. The molecule has 1 saturated heterocycles. The van der Waals surface area contributed by atoms with Crippen LogP contribution in [0.1, 0.15) is 41.8 Å². The number of hydrogen-bond acceptors (Lipinski definition) is 4. The third-order valence-corrected chi connectivity index (χ3v) is 4.03. The number of nitrogens with zero attached hydrogens (tertiary/aromatic N) is 2. The number of thiazole rings is 1. The second-order valence-electron chi connectivity index (χ2n) is 3.92. The standard InChI is InChI=1S/C10H16N2OS/c1-7(13)9-6-11-10(14-9)8-4-3-5-12(8)2/h6-8,13H,3-5H2,1-2H3. The number of aliphatic hydroxyl groups is 1. The van der Waals surface area contributed by atoms with Crippen LogP contribution in [-0.4, -0.2) is 28.6 Å². The van der Waals surface area contributed by atoms with Crippen LogP contribution in [0.4, 0.5) is 0 Å². The zero-order chi connectivity index (χ0) is 10.1. The molecule has 1 aromatic heterocycles. The van der Waals surface area contributed by atoms with Crippen molar-refractivity contribution in [3.05, 3.63) is 16.1 Å². The maximum Gasteiger partial charge on any atom is 0.110 e. The van der Waals surface area contributed by atoms with Crippen molar-refractivity contribution in [1.82, 2.24) is 9.88 Å². The Labute approximate surface area is 88.4 Å². The van der Waals surface area contributed by atoms with Gasteiger partial charge in [-0.3, -0.25) is 4.90 Å². The van der Waals surface area contributed by atoms with E-state index in [1.54, 1.807) is 24.5 Å². The summed E-state index contributed by atoms with van der Waals surface area (Å²) < 4.78 is 0. The third kappa shape index (κ3) is 1.82. The van der Waals surface area contributed by atoms with Crippen molar-refractivity contribution in [1.29, 1.82) is 0 Å². The van der Waals surface area contributed by atoms with E-state index >= 15 is 0 Å². The monoisotopic (exact) mass is 212 g/mol. The molecule has 0 radical (unpaired) electrons. The summed E-state index contributed by atoms with van der Waals surface area (Å²) in [6, 6.07) is 0.479. The van der Waals surface area contributed by atoms with Crippen molar-refractivity contribution in [2.75, 3.05) is 13.6 Å². The molecule has 1 aliphatic rings. The molecular weight excluding hydrogens is 196 g/mol. The van der Waals surface area contributed by atoms with Crippen molar-refractivity contribution in [2.45, 2.75) is 31.9 Å². The van der Waals surface area contributed by atoms with Gasteiger partial charge in [-0.1, -0.05) is 0 Å². The molecule has 0 aliphatic carbocycles. The molecule has 1 aromatic rings. The molecule has 0 aromatic carbocycles. The highest BCUT2D eigenvalue weighted by atomic mass is 32.1. The van der Waals surface area contributed by atoms with Gasteiger partial charge in [0, 0.05) is 6.20 Å². The van der Waals surface area contributed by atoms with Crippen LogP contribution in [0.5, 0.6) is 0 Å². The van der Waals surface area contributed by atoms with Crippen molar-refractivity contribution < 1.29 is 5.11 Å². The van der Waals surface area contributed by atoms with Crippen LogP contribution >= 0.6 is 11.3 Å². The molecule has 2 unspecified atom stereocenters. The number of hydrogen-bond donors (Lipinski definition) is 1. The lowest BCUT2D eigenvalue weighted by Gasteiger charge is -2.16. The van der Waals surface area contributed by atoms with Gasteiger partial charge >= 0.3 is 0 Å². The predicted molar refractivity (Wildman–Crippen MR) is 57.4 cm³/mol. The van der Waals surface area contributed by atoms with Gasteiger partial charge in [0.15, 0.2) is 0 Å². The van der Waals surface area contributed by atoms with Crippen LogP contribution in [0.15, 0.2) is 6.20 Å².